The second kappa shape index (κ2) is 9.54. The van der Waals surface area contributed by atoms with E-state index >= 15 is 4.39 Å². The van der Waals surface area contributed by atoms with E-state index < -0.39 is 15.8 Å². The molecule has 10 heteroatoms. The number of benzene rings is 3. The summed E-state index contributed by atoms with van der Waals surface area (Å²) in [5, 5.41) is 9.24. The van der Waals surface area contributed by atoms with Gasteiger partial charge in [0.1, 0.15) is 11.5 Å². The van der Waals surface area contributed by atoms with Gasteiger partial charge < -0.3 is 9.47 Å². The Kier molecular flexibility index (Phi) is 7.03. The molecule has 160 valence electrons. The van der Waals surface area contributed by atoms with Crippen LogP contribution in [0.1, 0.15) is 11.1 Å². The number of halogens is 3. The molecule has 0 heterocycles. The highest BCUT2D eigenvalue weighted by atomic mass is 35.5. The number of rotatable bonds is 7. The monoisotopic (exact) mass is 480 g/mol. The van der Waals surface area contributed by atoms with Crippen molar-refractivity contribution in [3.8, 4) is 23.3 Å². The van der Waals surface area contributed by atoms with Gasteiger partial charge >= 0.3 is 0 Å². The zero-order valence-corrected chi connectivity index (χ0v) is 18.4. The van der Waals surface area contributed by atoms with Crippen LogP contribution >= 0.6 is 23.2 Å². The standard InChI is InChI=1S/C21H15Cl2FN2O4S/c1-29-16-3-5-18(6-4-16)31(27,28)26-12-14-2-7-19(23)21(20(14)24)30-17-9-13(11-25)8-15(22)10-17/h2-10,26H,12H2,1H3. The molecule has 0 atom stereocenters. The molecule has 3 aromatic carbocycles. The maximum absolute atomic E-state index is 15.0. The van der Waals surface area contributed by atoms with Crippen LogP contribution in [0.5, 0.6) is 17.2 Å². The van der Waals surface area contributed by atoms with Crippen molar-refractivity contribution in [3.63, 3.8) is 0 Å². The van der Waals surface area contributed by atoms with E-state index in [1.807, 2.05) is 6.07 Å². The fraction of sp³-hybridized carbons (Fsp3) is 0.0952. The van der Waals surface area contributed by atoms with Crippen LogP contribution in [0.2, 0.25) is 10.0 Å². The first kappa shape index (κ1) is 22.8. The van der Waals surface area contributed by atoms with Gasteiger partial charge in [-0.2, -0.15) is 5.26 Å². The lowest BCUT2D eigenvalue weighted by molar-refractivity contribution is 0.414. The van der Waals surface area contributed by atoms with Gasteiger partial charge in [0.15, 0.2) is 11.6 Å². The summed E-state index contributed by atoms with van der Waals surface area (Å²) in [6.07, 6.45) is 0. The Bertz CT molecular complexity index is 1260. The molecule has 0 aliphatic heterocycles. The van der Waals surface area contributed by atoms with E-state index in [9.17, 15) is 8.42 Å². The minimum atomic E-state index is -3.90. The summed E-state index contributed by atoms with van der Waals surface area (Å²) in [4.78, 5) is 0.00195. The number of hydrogen-bond donors (Lipinski definition) is 1. The molecule has 0 radical (unpaired) electrons. The van der Waals surface area contributed by atoms with Crippen LogP contribution in [0.4, 0.5) is 4.39 Å². The van der Waals surface area contributed by atoms with Gasteiger partial charge in [-0.15, -0.1) is 0 Å². The van der Waals surface area contributed by atoms with Gasteiger partial charge in [-0.1, -0.05) is 29.3 Å². The first-order chi connectivity index (χ1) is 14.7. The molecule has 0 saturated carbocycles. The SMILES string of the molecule is COc1ccc(S(=O)(=O)NCc2ccc(Cl)c(Oc3cc(Cl)cc(C#N)c3)c2F)cc1. The van der Waals surface area contributed by atoms with Crippen LogP contribution in [0.3, 0.4) is 0 Å². The first-order valence-electron chi connectivity index (χ1n) is 8.72. The normalized spacial score (nSPS) is 11.1. The van der Waals surface area contributed by atoms with Gasteiger partial charge in [-0.25, -0.2) is 17.5 Å². The van der Waals surface area contributed by atoms with Gasteiger partial charge in [-0.05, 0) is 48.5 Å². The Labute approximate surface area is 188 Å². The van der Waals surface area contributed by atoms with Gasteiger partial charge in [0.25, 0.3) is 0 Å². The van der Waals surface area contributed by atoms with E-state index in [-0.39, 0.29) is 44.1 Å². The van der Waals surface area contributed by atoms with Crippen LogP contribution in [0.25, 0.3) is 0 Å². The molecule has 31 heavy (non-hydrogen) atoms. The lowest BCUT2D eigenvalue weighted by atomic mass is 10.2. The predicted molar refractivity (Wildman–Crippen MR) is 115 cm³/mol. The minimum Gasteiger partial charge on any atom is -0.497 e. The lowest BCUT2D eigenvalue weighted by Crippen LogP contribution is -2.23. The van der Waals surface area contributed by atoms with Gasteiger partial charge in [-0.3, -0.25) is 0 Å². The molecule has 0 saturated heterocycles. The summed E-state index contributed by atoms with van der Waals surface area (Å²) in [5.41, 5.74) is 0.237. The van der Waals surface area contributed by atoms with E-state index in [2.05, 4.69) is 4.72 Å². The Morgan fingerprint density at radius 1 is 1.06 bits per heavy atom. The molecule has 0 aromatic heterocycles. The number of nitrogens with one attached hydrogen (secondary N) is 1. The predicted octanol–water partition coefficient (Wildman–Crippen LogP) is 5.28. The molecule has 3 rings (SSSR count). The summed E-state index contributed by atoms with van der Waals surface area (Å²) in [6, 6.07) is 14.6. The number of ether oxygens (including phenoxy) is 2. The zero-order valence-electron chi connectivity index (χ0n) is 16.0. The van der Waals surface area contributed by atoms with E-state index in [4.69, 9.17) is 37.9 Å². The van der Waals surface area contributed by atoms with Crippen LogP contribution in [-0.2, 0) is 16.6 Å². The minimum absolute atomic E-state index is 0.00195. The average Bonchev–Trinajstić information content (AvgIpc) is 2.75. The number of hydrogen-bond acceptors (Lipinski definition) is 5. The molecule has 0 aliphatic carbocycles. The molecule has 0 unspecified atom stereocenters. The molecule has 0 fully saturated rings. The molecular weight excluding hydrogens is 466 g/mol. The molecule has 0 spiro atoms. The molecular formula is C21H15Cl2FN2O4S. The number of nitrogens with zero attached hydrogens (tertiary/aromatic N) is 1. The zero-order chi connectivity index (χ0) is 22.6. The van der Waals surface area contributed by atoms with Crippen molar-refractivity contribution in [1.29, 1.82) is 5.26 Å². The van der Waals surface area contributed by atoms with E-state index in [0.29, 0.717) is 5.75 Å². The Balaban J connectivity index is 1.83. The second-order valence-corrected chi connectivity index (χ2v) is 8.85. The van der Waals surface area contributed by atoms with Crippen LogP contribution in [0.15, 0.2) is 59.5 Å². The molecule has 3 aromatic rings. The molecule has 1 N–H and O–H groups in total. The van der Waals surface area contributed by atoms with Gasteiger partial charge in [0.2, 0.25) is 10.0 Å². The summed E-state index contributed by atoms with van der Waals surface area (Å²) < 4.78 is 52.9. The maximum Gasteiger partial charge on any atom is 0.240 e. The topological polar surface area (TPSA) is 88.4 Å². The molecule has 0 amide bonds. The van der Waals surface area contributed by atoms with Crippen molar-refractivity contribution < 1.29 is 22.3 Å². The van der Waals surface area contributed by atoms with Crippen molar-refractivity contribution in [2.45, 2.75) is 11.4 Å². The number of methoxy groups -OCH3 is 1. The van der Waals surface area contributed by atoms with E-state index in [0.717, 1.165) is 0 Å². The van der Waals surface area contributed by atoms with Gasteiger partial charge in [0.05, 0.1) is 28.7 Å². The van der Waals surface area contributed by atoms with Crippen molar-refractivity contribution in [1.82, 2.24) is 4.72 Å². The van der Waals surface area contributed by atoms with Gasteiger partial charge in [0, 0.05) is 17.1 Å². The Morgan fingerprint density at radius 3 is 2.42 bits per heavy atom. The highest BCUT2D eigenvalue weighted by Crippen LogP contribution is 2.35. The van der Waals surface area contributed by atoms with E-state index in [1.165, 1.54) is 61.7 Å². The lowest BCUT2D eigenvalue weighted by Gasteiger charge is -2.13. The maximum atomic E-state index is 15.0. The summed E-state index contributed by atoms with van der Waals surface area (Å²) >= 11 is 12.0. The number of sulfonamides is 1. The fourth-order valence-electron chi connectivity index (χ4n) is 2.62. The van der Waals surface area contributed by atoms with Crippen LogP contribution in [0, 0.1) is 17.1 Å². The van der Waals surface area contributed by atoms with Crippen LogP contribution < -0.4 is 14.2 Å². The fourth-order valence-corrected chi connectivity index (χ4v) is 4.03. The first-order valence-corrected chi connectivity index (χ1v) is 11.0. The third kappa shape index (κ3) is 5.46. The summed E-state index contributed by atoms with van der Waals surface area (Å²) in [5.74, 6) is -0.539. The Morgan fingerprint density at radius 2 is 1.77 bits per heavy atom. The Hall–Kier alpha value is -2.83. The summed E-state index contributed by atoms with van der Waals surface area (Å²) in [6.45, 7) is -0.341. The van der Waals surface area contributed by atoms with Crippen molar-refractivity contribution in [2.24, 2.45) is 0 Å². The van der Waals surface area contributed by atoms with E-state index in [1.54, 1.807) is 0 Å². The average molecular weight is 481 g/mol. The highest BCUT2D eigenvalue weighted by molar-refractivity contribution is 7.89. The highest BCUT2D eigenvalue weighted by Gasteiger charge is 2.19. The second-order valence-electron chi connectivity index (χ2n) is 6.24. The third-order valence-electron chi connectivity index (χ3n) is 4.17. The molecule has 6 nitrogen and oxygen atoms in total. The van der Waals surface area contributed by atoms with Crippen molar-refractivity contribution >= 4 is 33.2 Å². The smallest absolute Gasteiger partial charge is 0.240 e. The quantitative estimate of drug-likeness (QED) is 0.496. The molecule has 0 bridgehead atoms. The van der Waals surface area contributed by atoms with Crippen LogP contribution in [-0.4, -0.2) is 15.5 Å². The number of nitriles is 1. The largest absolute Gasteiger partial charge is 0.497 e. The van der Waals surface area contributed by atoms with Crippen molar-refractivity contribution in [3.05, 3.63) is 81.6 Å². The summed E-state index contributed by atoms with van der Waals surface area (Å²) in [7, 11) is -2.43. The molecule has 0 aliphatic rings. The van der Waals surface area contributed by atoms with Crippen molar-refractivity contribution in [2.75, 3.05) is 7.11 Å². The third-order valence-corrected chi connectivity index (χ3v) is 6.10.